The average molecular weight is 354 g/mol. The minimum atomic E-state index is -0.355. The number of benzene rings is 2. The van der Waals surface area contributed by atoms with Crippen molar-refractivity contribution in [3.8, 4) is 11.5 Å². The minimum Gasteiger partial charge on any atom is -0.493 e. The number of fused-ring (bicyclic) bond motifs is 2. The van der Waals surface area contributed by atoms with E-state index in [0.29, 0.717) is 35.5 Å². The van der Waals surface area contributed by atoms with Crippen LogP contribution in [-0.2, 0) is 13.0 Å². The van der Waals surface area contributed by atoms with E-state index >= 15 is 0 Å². The molecule has 0 spiro atoms. The molecule has 0 bridgehead atoms. The summed E-state index contributed by atoms with van der Waals surface area (Å²) in [6.07, 6.45) is 2.38. The van der Waals surface area contributed by atoms with Crippen molar-refractivity contribution in [1.82, 2.24) is 9.88 Å². The molecule has 26 heavy (non-hydrogen) atoms. The first kappa shape index (κ1) is 16.4. The monoisotopic (exact) mass is 354 g/mol. The van der Waals surface area contributed by atoms with E-state index in [1.54, 1.807) is 31.4 Å². The Kier molecular flexibility index (Phi) is 4.03. The van der Waals surface area contributed by atoms with Gasteiger partial charge in [-0.15, -0.1) is 0 Å². The number of aromatic amines is 1. The lowest BCUT2D eigenvalue weighted by atomic mass is 9.98. The molecule has 6 heteroatoms. The van der Waals surface area contributed by atoms with Crippen LogP contribution in [0.4, 0.5) is 4.39 Å². The molecule has 3 aromatic rings. The lowest BCUT2D eigenvalue weighted by Crippen LogP contribution is -2.35. The van der Waals surface area contributed by atoms with Gasteiger partial charge in [0.05, 0.1) is 19.8 Å². The van der Waals surface area contributed by atoms with Gasteiger partial charge in [0.1, 0.15) is 5.82 Å². The zero-order valence-electron chi connectivity index (χ0n) is 14.6. The summed E-state index contributed by atoms with van der Waals surface area (Å²) in [5.41, 5.74) is 3.42. The molecule has 2 heterocycles. The van der Waals surface area contributed by atoms with Crippen molar-refractivity contribution < 1.29 is 18.7 Å². The third-order valence-electron chi connectivity index (χ3n) is 4.88. The van der Waals surface area contributed by atoms with Crippen molar-refractivity contribution in [2.75, 3.05) is 20.8 Å². The summed E-state index contributed by atoms with van der Waals surface area (Å²) in [5, 5.41) is 0.605. The van der Waals surface area contributed by atoms with Crippen LogP contribution in [0, 0.1) is 5.82 Å². The van der Waals surface area contributed by atoms with Gasteiger partial charge in [-0.3, -0.25) is 4.79 Å². The van der Waals surface area contributed by atoms with E-state index in [4.69, 9.17) is 9.47 Å². The summed E-state index contributed by atoms with van der Waals surface area (Å²) >= 11 is 0. The fourth-order valence-electron chi connectivity index (χ4n) is 3.50. The van der Waals surface area contributed by atoms with E-state index in [9.17, 15) is 9.18 Å². The zero-order chi connectivity index (χ0) is 18.3. The zero-order valence-corrected chi connectivity index (χ0v) is 14.6. The lowest BCUT2D eigenvalue weighted by molar-refractivity contribution is 0.0736. The molecule has 1 aliphatic heterocycles. The molecule has 4 rings (SSSR count). The standard InChI is InChI=1S/C20H19FN2O3/c1-25-18-7-12-5-6-23(11-13(12)8-19(18)26-2)20(24)16-10-22-17-4-3-14(21)9-15(16)17/h3-4,7-10,22H,5-6,11H2,1-2H3. The molecule has 5 nitrogen and oxygen atoms in total. The highest BCUT2D eigenvalue weighted by atomic mass is 19.1. The SMILES string of the molecule is COc1cc2c(cc1OC)CN(C(=O)c1c[nH]c3ccc(F)cc13)CC2. The molecule has 0 aliphatic carbocycles. The number of H-pyrrole nitrogens is 1. The van der Waals surface area contributed by atoms with Gasteiger partial charge in [0.25, 0.3) is 5.91 Å². The second kappa shape index (κ2) is 6.37. The van der Waals surface area contributed by atoms with E-state index in [-0.39, 0.29) is 11.7 Å². The van der Waals surface area contributed by atoms with Gasteiger partial charge < -0.3 is 19.4 Å². The Morgan fingerprint density at radius 3 is 2.58 bits per heavy atom. The number of rotatable bonds is 3. The number of nitrogens with one attached hydrogen (secondary N) is 1. The van der Waals surface area contributed by atoms with Crippen molar-refractivity contribution in [1.29, 1.82) is 0 Å². The Hall–Kier alpha value is -3.02. The third-order valence-corrected chi connectivity index (χ3v) is 4.88. The number of nitrogens with zero attached hydrogens (tertiary/aromatic N) is 1. The summed E-state index contributed by atoms with van der Waals surface area (Å²) in [5.74, 6) is 0.877. The summed E-state index contributed by atoms with van der Waals surface area (Å²) in [6, 6.07) is 8.30. The fraction of sp³-hybridized carbons (Fsp3) is 0.250. The first-order valence-corrected chi connectivity index (χ1v) is 8.40. The molecule has 1 aliphatic rings. The first-order valence-electron chi connectivity index (χ1n) is 8.40. The van der Waals surface area contributed by atoms with Crippen LogP contribution < -0.4 is 9.47 Å². The Morgan fingerprint density at radius 1 is 1.12 bits per heavy atom. The molecule has 1 N–H and O–H groups in total. The molecule has 0 unspecified atom stereocenters. The van der Waals surface area contributed by atoms with Crippen LogP contribution in [0.3, 0.4) is 0 Å². The molecule has 0 fully saturated rings. The van der Waals surface area contributed by atoms with Gasteiger partial charge in [-0.1, -0.05) is 0 Å². The highest BCUT2D eigenvalue weighted by molar-refractivity contribution is 6.06. The largest absolute Gasteiger partial charge is 0.493 e. The third kappa shape index (κ3) is 2.67. The smallest absolute Gasteiger partial charge is 0.256 e. The molecule has 0 saturated heterocycles. The number of methoxy groups -OCH3 is 2. The quantitative estimate of drug-likeness (QED) is 0.783. The highest BCUT2D eigenvalue weighted by Gasteiger charge is 2.25. The highest BCUT2D eigenvalue weighted by Crippen LogP contribution is 2.34. The number of aromatic nitrogens is 1. The number of hydrogen-bond donors (Lipinski definition) is 1. The fourth-order valence-corrected chi connectivity index (χ4v) is 3.50. The molecular weight excluding hydrogens is 335 g/mol. The lowest BCUT2D eigenvalue weighted by Gasteiger charge is -2.29. The summed E-state index contributed by atoms with van der Waals surface area (Å²) in [4.78, 5) is 17.8. The molecule has 0 radical (unpaired) electrons. The summed E-state index contributed by atoms with van der Waals surface area (Å²) < 4.78 is 24.3. The normalized spacial score (nSPS) is 13.6. The molecule has 0 saturated carbocycles. The summed E-state index contributed by atoms with van der Waals surface area (Å²) in [6.45, 7) is 1.08. The second-order valence-electron chi connectivity index (χ2n) is 6.34. The van der Waals surface area contributed by atoms with E-state index in [1.807, 2.05) is 12.1 Å². The minimum absolute atomic E-state index is 0.109. The van der Waals surface area contributed by atoms with Gasteiger partial charge in [-0.25, -0.2) is 4.39 Å². The Morgan fingerprint density at radius 2 is 1.85 bits per heavy atom. The Balaban J connectivity index is 1.65. The average Bonchev–Trinajstić information content (AvgIpc) is 3.08. The number of carbonyl (C=O) groups is 1. The van der Waals surface area contributed by atoms with Crippen molar-refractivity contribution in [2.45, 2.75) is 13.0 Å². The van der Waals surface area contributed by atoms with Crippen LogP contribution in [0.1, 0.15) is 21.5 Å². The second-order valence-corrected chi connectivity index (χ2v) is 6.34. The number of carbonyl (C=O) groups excluding carboxylic acids is 1. The summed E-state index contributed by atoms with van der Waals surface area (Å²) in [7, 11) is 3.20. The number of ether oxygens (including phenoxy) is 2. The van der Waals surface area contributed by atoms with Gasteiger partial charge >= 0.3 is 0 Å². The van der Waals surface area contributed by atoms with E-state index < -0.39 is 0 Å². The maximum absolute atomic E-state index is 13.6. The van der Waals surface area contributed by atoms with Crippen molar-refractivity contribution in [2.24, 2.45) is 0 Å². The van der Waals surface area contributed by atoms with Crippen LogP contribution in [0.15, 0.2) is 36.5 Å². The number of amides is 1. The van der Waals surface area contributed by atoms with Gasteiger partial charge in [0.15, 0.2) is 11.5 Å². The number of halogens is 1. The first-order chi connectivity index (χ1) is 12.6. The molecule has 2 aromatic carbocycles. The van der Waals surface area contributed by atoms with E-state index in [1.165, 1.54) is 12.1 Å². The van der Waals surface area contributed by atoms with Crippen molar-refractivity contribution in [3.05, 3.63) is 59.0 Å². The topological polar surface area (TPSA) is 54.6 Å². The van der Waals surface area contributed by atoms with Gasteiger partial charge in [-0.2, -0.15) is 0 Å². The molecule has 0 atom stereocenters. The molecule has 1 amide bonds. The maximum atomic E-state index is 13.6. The Labute approximate surface area is 150 Å². The molecule has 1 aromatic heterocycles. The van der Waals surface area contributed by atoms with Gasteiger partial charge in [0.2, 0.25) is 0 Å². The van der Waals surface area contributed by atoms with Crippen LogP contribution >= 0.6 is 0 Å². The van der Waals surface area contributed by atoms with E-state index in [0.717, 1.165) is 23.1 Å². The maximum Gasteiger partial charge on any atom is 0.256 e. The van der Waals surface area contributed by atoms with Crippen molar-refractivity contribution >= 4 is 16.8 Å². The van der Waals surface area contributed by atoms with Crippen LogP contribution in [0.25, 0.3) is 10.9 Å². The van der Waals surface area contributed by atoms with Gasteiger partial charge in [0, 0.05) is 30.2 Å². The Bertz CT molecular complexity index is 996. The molecule has 134 valence electrons. The predicted molar refractivity (Wildman–Crippen MR) is 96.2 cm³/mol. The number of hydrogen-bond acceptors (Lipinski definition) is 3. The van der Waals surface area contributed by atoms with Crippen LogP contribution in [0.2, 0.25) is 0 Å². The van der Waals surface area contributed by atoms with Crippen molar-refractivity contribution in [3.63, 3.8) is 0 Å². The molecular formula is C20H19FN2O3. The van der Waals surface area contributed by atoms with Crippen LogP contribution in [-0.4, -0.2) is 36.6 Å². The van der Waals surface area contributed by atoms with Gasteiger partial charge in [-0.05, 0) is 47.9 Å². The van der Waals surface area contributed by atoms with Crippen LogP contribution in [0.5, 0.6) is 11.5 Å². The predicted octanol–water partition coefficient (Wildman–Crippen LogP) is 3.52. The van der Waals surface area contributed by atoms with E-state index in [2.05, 4.69) is 4.98 Å².